The molecule has 0 aliphatic carbocycles. The molecular formula is C21H27N5O4S. The van der Waals surface area contributed by atoms with Crippen LogP contribution in [0.2, 0.25) is 0 Å². The van der Waals surface area contributed by atoms with Crippen molar-refractivity contribution in [1.82, 2.24) is 20.4 Å². The van der Waals surface area contributed by atoms with Crippen LogP contribution in [0.4, 0.5) is 10.5 Å². The molecule has 1 aliphatic heterocycles. The van der Waals surface area contributed by atoms with Crippen LogP contribution >= 0.6 is 11.3 Å². The van der Waals surface area contributed by atoms with Gasteiger partial charge in [-0.05, 0) is 45.7 Å². The zero-order valence-corrected chi connectivity index (χ0v) is 18.7. The molecule has 166 valence electrons. The second-order valence-corrected chi connectivity index (χ2v) is 8.46. The Balaban J connectivity index is 1.50. The first-order valence-corrected chi connectivity index (χ1v) is 11.1. The molecule has 1 fully saturated rings. The number of amides is 3. The molecule has 0 spiro atoms. The summed E-state index contributed by atoms with van der Waals surface area (Å²) in [7, 11) is 0. The maximum Gasteiger partial charge on any atom is 0.328 e. The minimum absolute atomic E-state index is 0.143. The average molecular weight is 446 g/mol. The number of urea groups is 1. The lowest BCUT2D eigenvalue weighted by Crippen LogP contribution is -2.49. The lowest BCUT2D eigenvalue weighted by Gasteiger charge is -2.31. The van der Waals surface area contributed by atoms with E-state index in [0.29, 0.717) is 23.8 Å². The van der Waals surface area contributed by atoms with Crippen LogP contribution in [0.1, 0.15) is 53.0 Å². The number of piperidine rings is 1. The van der Waals surface area contributed by atoms with Gasteiger partial charge in [0.2, 0.25) is 5.01 Å². The molecule has 2 N–H and O–H groups in total. The quantitative estimate of drug-likeness (QED) is 0.661. The molecule has 1 atom stereocenters. The van der Waals surface area contributed by atoms with Crippen LogP contribution in [0.3, 0.4) is 0 Å². The summed E-state index contributed by atoms with van der Waals surface area (Å²) < 4.78 is 4.91. The maximum absolute atomic E-state index is 12.4. The number of likely N-dealkylation sites (tertiary alicyclic amines) is 1. The molecule has 3 rings (SSSR count). The van der Waals surface area contributed by atoms with E-state index in [2.05, 4.69) is 20.8 Å². The number of rotatable bonds is 6. The molecule has 31 heavy (non-hydrogen) atoms. The van der Waals surface area contributed by atoms with Crippen LogP contribution in [-0.2, 0) is 9.53 Å². The Kier molecular flexibility index (Phi) is 7.56. The highest BCUT2D eigenvalue weighted by Crippen LogP contribution is 2.30. The van der Waals surface area contributed by atoms with Gasteiger partial charge in [0.05, 0.1) is 6.61 Å². The highest BCUT2D eigenvalue weighted by molar-refractivity contribution is 7.13. The summed E-state index contributed by atoms with van der Waals surface area (Å²) >= 11 is 1.29. The summed E-state index contributed by atoms with van der Waals surface area (Å²) in [5.74, 6) is -0.585. The minimum atomic E-state index is -0.692. The number of esters is 1. The van der Waals surface area contributed by atoms with E-state index in [9.17, 15) is 14.4 Å². The third kappa shape index (κ3) is 6.00. The van der Waals surface area contributed by atoms with Crippen molar-refractivity contribution in [3.8, 4) is 0 Å². The van der Waals surface area contributed by atoms with E-state index >= 15 is 0 Å². The number of nitrogens with zero attached hydrogens (tertiary/aromatic N) is 3. The number of nitrogens with one attached hydrogen (secondary N) is 2. The lowest BCUT2D eigenvalue weighted by molar-refractivity contribution is -0.144. The van der Waals surface area contributed by atoms with Gasteiger partial charge in [-0.15, -0.1) is 10.2 Å². The summed E-state index contributed by atoms with van der Waals surface area (Å²) in [5, 5.41) is 14.9. The fraction of sp³-hybridized carbons (Fsp3) is 0.476. The van der Waals surface area contributed by atoms with Gasteiger partial charge >= 0.3 is 12.0 Å². The third-order valence-electron chi connectivity index (χ3n) is 5.06. The summed E-state index contributed by atoms with van der Waals surface area (Å²) in [6.07, 6.45) is 1.44. The Morgan fingerprint density at radius 2 is 1.87 bits per heavy atom. The second kappa shape index (κ2) is 10.3. The van der Waals surface area contributed by atoms with Crippen molar-refractivity contribution < 1.29 is 19.1 Å². The second-order valence-electron chi connectivity index (χ2n) is 7.45. The smallest absolute Gasteiger partial charge is 0.328 e. The molecule has 0 saturated carbocycles. The van der Waals surface area contributed by atoms with Crippen LogP contribution in [-0.4, -0.2) is 58.7 Å². The molecule has 2 heterocycles. The van der Waals surface area contributed by atoms with Crippen molar-refractivity contribution in [3.63, 3.8) is 0 Å². The van der Waals surface area contributed by atoms with Crippen LogP contribution in [0.25, 0.3) is 0 Å². The summed E-state index contributed by atoms with van der Waals surface area (Å²) in [6, 6.07) is 6.58. The molecule has 0 bridgehead atoms. The number of anilines is 1. The van der Waals surface area contributed by atoms with Crippen molar-refractivity contribution in [2.24, 2.45) is 0 Å². The van der Waals surface area contributed by atoms with Gasteiger partial charge in [0.25, 0.3) is 5.91 Å². The molecule has 1 aromatic heterocycles. The zero-order chi connectivity index (χ0) is 22.4. The number of carbonyl (C=O) groups is 3. The largest absolute Gasteiger partial charge is 0.464 e. The molecule has 10 heteroatoms. The molecule has 1 aliphatic rings. The maximum atomic E-state index is 12.4. The number of hydrogen-bond acceptors (Lipinski definition) is 7. The summed E-state index contributed by atoms with van der Waals surface area (Å²) in [4.78, 5) is 38.2. The molecule has 0 radical (unpaired) electrons. The predicted molar refractivity (Wildman–Crippen MR) is 117 cm³/mol. The van der Waals surface area contributed by atoms with Crippen molar-refractivity contribution in [3.05, 3.63) is 39.8 Å². The summed E-state index contributed by atoms with van der Waals surface area (Å²) in [5.41, 5.74) is 1.83. The highest BCUT2D eigenvalue weighted by atomic mass is 32.1. The zero-order valence-electron chi connectivity index (χ0n) is 17.9. The lowest BCUT2D eigenvalue weighted by atomic mass is 9.98. The molecule has 1 aromatic carbocycles. The SMILES string of the molecule is CCOC(=O)C(C)NC(=O)N1CCC(c2nnc(C(=O)Nc3ccc(C)cc3)s2)CC1. The number of ether oxygens (including phenoxy) is 1. The standard InChI is InChI=1S/C21H27N5O4S/c1-4-30-20(28)14(3)22-21(29)26-11-9-15(10-12-26)18-24-25-19(31-18)17(27)23-16-7-5-13(2)6-8-16/h5-8,14-15H,4,9-12H2,1-3H3,(H,22,29)(H,23,27). The van der Waals surface area contributed by atoms with Gasteiger partial charge in [-0.1, -0.05) is 29.0 Å². The number of carbonyl (C=O) groups excluding carboxylic acids is 3. The van der Waals surface area contributed by atoms with Crippen molar-refractivity contribution >= 4 is 34.9 Å². The van der Waals surface area contributed by atoms with Gasteiger partial charge in [0.15, 0.2) is 0 Å². The number of hydrogen-bond donors (Lipinski definition) is 2. The molecule has 1 unspecified atom stereocenters. The van der Waals surface area contributed by atoms with E-state index in [1.54, 1.807) is 18.7 Å². The van der Waals surface area contributed by atoms with E-state index in [0.717, 1.165) is 23.4 Å². The molecule has 2 aromatic rings. The number of benzene rings is 1. The van der Waals surface area contributed by atoms with Crippen molar-refractivity contribution in [2.75, 3.05) is 25.0 Å². The number of aryl methyl sites for hydroxylation is 1. The Morgan fingerprint density at radius 1 is 1.19 bits per heavy atom. The third-order valence-corrected chi connectivity index (χ3v) is 6.14. The number of aromatic nitrogens is 2. The first kappa shape index (κ1) is 22.7. The topological polar surface area (TPSA) is 114 Å². The predicted octanol–water partition coefficient (Wildman–Crippen LogP) is 2.94. The van der Waals surface area contributed by atoms with E-state index in [1.165, 1.54) is 11.3 Å². The van der Waals surface area contributed by atoms with Gasteiger partial charge in [0, 0.05) is 24.7 Å². The van der Waals surface area contributed by atoms with Gasteiger partial charge in [0.1, 0.15) is 11.0 Å². The van der Waals surface area contributed by atoms with E-state index in [1.807, 2.05) is 31.2 Å². The average Bonchev–Trinajstić information content (AvgIpc) is 3.26. The summed E-state index contributed by atoms with van der Waals surface area (Å²) in [6.45, 7) is 6.66. The molecule has 1 saturated heterocycles. The fourth-order valence-corrected chi connectivity index (χ4v) is 4.15. The van der Waals surface area contributed by atoms with E-state index < -0.39 is 12.0 Å². The van der Waals surface area contributed by atoms with Crippen LogP contribution in [0, 0.1) is 6.92 Å². The van der Waals surface area contributed by atoms with Gasteiger partial charge in [-0.25, -0.2) is 9.59 Å². The van der Waals surface area contributed by atoms with E-state index in [-0.39, 0.29) is 24.5 Å². The molecule has 3 amide bonds. The van der Waals surface area contributed by atoms with Crippen LogP contribution in [0.15, 0.2) is 24.3 Å². The Bertz CT molecular complexity index is 922. The molecular weight excluding hydrogens is 418 g/mol. The normalized spacial score (nSPS) is 15.3. The Morgan fingerprint density at radius 3 is 2.52 bits per heavy atom. The van der Waals surface area contributed by atoms with Crippen LogP contribution < -0.4 is 10.6 Å². The van der Waals surface area contributed by atoms with Crippen LogP contribution in [0.5, 0.6) is 0 Å². The monoisotopic (exact) mass is 445 g/mol. The van der Waals surface area contributed by atoms with Gasteiger partial charge < -0.3 is 20.3 Å². The van der Waals surface area contributed by atoms with Crippen molar-refractivity contribution in [1.29, 1.82) is 0 Å². The van der Waals surface area contributed by atoms with Crippen molar-refractivity contribution in [2.45, 2.75) is 45.6 Å². The minimum Gasteiger partial charge on any atom is -0.464 e. The Hall–Kier alpha value is -3.01. The Labute approximate surface area is 185 Å². The highest BCUT2D eigenvalue weighted by Gasteiger charge is 2.28. The molecule has 9 nitrogen and oxygen atoms in total. The first-order chi connectivity index (χ1) is 14.9. The fourth-order valence-electron chi connectivity index (χ4n) is 3.24. The van der Waals surface area contributed by atoms with Gasteiger partial charge in [-0.2, -0.15) is 0 Å². The van der Waals surface area contributed by atoms with Gasteiger partial charge in [-0.3, -0.25) is 4.79 Å². The first-order valence-electron chi connectivity index (χ1n) is 10.3. The van der Waals surface area contributed by atoms with E-state index in [4.69, 9.17) is 4.74 Å².